The van der Waals surface area contributed by atoms with Crippen molar-refractivity contribution < 1.29 is 14.3 Å². The third-order valence-electron chi connectivity index (χ3n) is 6.98. The number of hydrogen-bond donors (Lipinski definition) is 1. The van der Waals surface area contributed by atoms with Gasteiger partial charge >= 0.3 is 0 Å². The summed E-state index contributed by atoms with van der Waals surface area (Å²) in [6.45, 7) is 3.94. The summed E-state index contributed by atoms with van der Waals surface area (Å²) in [5.41, 5.74) is 3.55. The second kappa shape index (κ2) is 9.84. The lowest BCUT2D eigenvalue weighted by molar-refractivity contribution is 0.103. The van der Waals surface area contributed by atoms with E-state index in [9.17, 15) is 4.79 Å². The Morgan fingerprint density at radius 2 is 1.92 bits per heavy atom. The van der Waals surface area contributed by atoms with Gasteiger partial charge in [0.2, 0.25) is 5.78 Å². The molecule has 0 spiro atoms. The molecular formula is C29H29N3O3S. The molecule has 0 amide bonds. The highest BCUT2D eigenvalue weighted by atomic mass is 32.1. The first-order valence-corrected chi connectivity index (χ1v) is 13.3. The second-order valence-electron chi connectivity index (χ2n) is 9.33. The molecule has 1 N–H and O–H groups in total. The van der Waals surface area contributed by atoms with Crippen LogP contribution in [0.2, 0.25) is 0 Å². The Labute approximate surface area is 214 Å². The third kappa shape index (κ3) is 4.40. The molecule has 6 nitrogen and oxygen atoms in total. The van der Waals surface area contributed by atoms with Crippen LogP contribution in [0, 0.1) is 5.92 Å². The number of carbonyl (C=O) groups excluding carboxylic acids is 1. The predicted molar refractivity (Wildman–Crippen MR) is 145 cm³/mol. The summed E-state index contributed by atoms with van der Waals surface area (Å²) in [6.07, 6.45) is 3.13. The Kier molecular flexibility index (Phi) is 6.25. The summed E-state index contributed by atoms with van der Waals surface area (Å²) in [7, 11) is 1.96. The molecule has 7 heteroatoms. The molecule has 5 aromatic rings. The Hall–Kier alpha value is -3.55. The number of nitrogens with zero attached hydrogens (tertiary/aromatic N) is 2. The third-order valence-corrected chi connectivity index (χ3v) is 7.84. The van der Waals surface area contributed by atoms with Crippen molar-refractivity contribution >= 4 is 38.2 Å². The Bertz CT molecular complexity index is 1520. The molecule has 1 fully saturated rings. The smallest absolute Gasteiger partial charge is 0.211 e. The minimum Gasteiger partial charge on any atom is -0.493 e. The molecule has 6 rings (SSSR count). The number of fused-ring (bicyclic) bond motifs is 2. The van der Waals surface area contributed by atoms with Gasteiger partial charge in [-0.15, -0.1) is 11.3 Å². The lowest BCUT2D eigenvalue weighted by atomic mass is 10.1. The van der Waals surface area contributed by atoms with Crippen LogP contribution in [0.4, 0.5) is 0 Å². The van der Waals surface area contributed by atoms with Gasteiger partial charge in [-0.25, -0.2) is 0 Å². The zero-order chi connectivity index (χ0) is 24.5. The van der Waals surface area contributed by atoms with E-state index in [1.807, 2.05) is 66.3 Å². The molecule has 184 valence electrons. The van der Waals surface area contributed by atoms with Gasteiger partial charge in [0.15, 0.2) is 0 Å². The van der Waals surface area contributed by atoms with Crippen molar-refractivity contribution in [3.63, 3.8) is 0 Å². The van der Waals surface area contributed by atoms with Crippen molar-refractivity contribution in [1.29, 1.82) is 0 Å². The fraction of sp³-hybridized carbons (Fsp3) is 0.276. The molecule has 4 heterocycles. The molecule has 0 aliphatic carbocycles. The van der Waals surface area contributed by atoms with E-state index in [0.717, 1.165) is 64.3 Å². The van der Waals surface area contributed by atoms with Crippen molar-refractivity contribution in [1.82, 2.24) is 14.5 Å². The standard InChI is InChI=1S/C29H29N3O3S/c1-31-26-10-14-36-28(26)16-27(31)29(33)24-18-32(25-8-3-2-7-23(24)25)12-13-34-21-5-4-6-22(15-21)35-19-20-9-11-30-17-20/h2-8,10,14-16,18,20,30H,9,11-13,17,19H2,1H3. The van der Waals surface area contributed by atoms with Gasteiger partial charge in [0, 0.05) is 48.2 Å². The minimum atomic E-state index is 0.0408. The highest BCUT2D eigenvalue weighted by Crippen LogP contribution is 2.29. The summed E-state index contributed by atoms with van der Waals surface area (Å²) in [4.78, 5) is 13.6. The van der Waals surface area contributed by atoms with Crippen LogP contribution >= 0.6 is 11.3 Å². The fourth-order valence-corrected chi connectivity index (χ4v) is 5.85. The number of rotatable bonds is 9. The van der Waals surface area contributed by atoms with E-state index >= 15 is 0 Å². The molecule has 0 saturated carbocycles. The molecule has 1 saturated heterocycles. The van der Waals surface area contributed by atoms with Crippen LogP contribution in [-0.2, 0) is 13.6 Å². The van der Waals surface area contributed by atoms with Crippen LogP contribution in [0.15, 0.2) is 72.2 Å². The number of aryl methyl sites for hydroxylation is 1. The molecule has 1 atom stereocenters. The van der Waals surface area contributed by atoms with Gasteiger partial charge in [0.25, 0.3) is 0 Å². The number of hydrogen-bond acceptors (Lipinski definition) is 5. The average molecular weight is 500 g/mol. The molecule has 0 radical (unpaired) electrons. The molecule has 1 aliphatic rings. The van der Waals surface area contributed by atoms with Crippen molar-refractivity contribution in [3.8, 4) is 11.5 Å². The van der Waals surface area contributed by atoms with Gasteiger partial charge in [-0.05, 0) is 48.7 Å². The SMILES string of the molecule is Cn1c(C(=O)c2cn(CCOc3cccc(OCC4CCNC4)c3)c3ccccc23)cc2sccc21. The van der Waals surface area contributed by atoms with Gasteiger partial charge in [0.1, 0.15) is 18.1 Å². The second-order valence-corrected chi connectivity index (χ2v) is 10.3. The van der Waals surface area contributed by atoms with E-state index in [-0.39, 0.29) is 5.78 Å². The Balaban J connectivity index is 1.17. The number of thiophene rings is 1. The van der Waals surface area contributed by atoms with Crippen LogP contribution in [-0.4, -0.2) is 41.2 Å². The molecule has 2 aromatic carbocycles. The van der Waals surface area contributed by atoms with Gasteiger partial charge in [-0.3, -0.25) is 4.79 Å². The largest absolute Gasteiger partial charge is 0.493 e. The highest BCUT2D eigenvalue weighted by Gasteiger charge is 2.21. The summed E-state index contributed by atoms with van der Waals surface area (Å²) >= 11 is 1.66. The Morgan fingerprint density at radius 3 is 2.75 bits per heavy atom. The van der Waals surface area contributed by atoms with Crippen LogP contribution < -0.4 is 14.8 Å². The lowest BCUT2D eigenvalue weighted by Gasteiger charge is -2.13. The zero-order valence-corrected chi connectivity index (χ0v) is 21.1. The average Bonchev–Trinajstić information content (AvgIpc) is 3.69. The van der Waals surface area contributed by atoms with E-state index < -0.39 is 0 Å². The molecule has 36 heavy (non-hydrogen) atoms. The van der Waals surface area contributed by atoms with E-state index in [0.29, 0.717) is 24.8 Å². The fourth-order valence-electron chi connectivity index (χ4n) is 5.01. The van der Waals surface area contributed by atoms with Crippen molar-refractivity contribution in [3.05, 3.63) is 83.5 Å². The maximum absolute atomic E-state index is 13.6. The number of aromatic nitrogens is 2. The van der Waals surface area contributed by atoms with Crippen LogP contribution in [0.1, 0.15) is 22.5 Å². The quantitative estimate of drug-likeness (QED) is 0.272. The summed E-state index contributed by atoms with van der Waals surface area (Å²) < 4.78 is 17.3. The number of carbonyl (C=O) groups is 1. The van der Waals surface area contributed by atoms with E-state index in [1.54, 1.807) is 11.3 Å². The molecular weight excluding hydrogens is 470 g/mol. The number of ketones is 1. The molecule has 0 bridgehead atoms. The van der Waals surface area contributed by atoms with Gasteiger partial charge in [-0.1, -0.05) is 24.3 Å². The number of benzene rings is 2. The van der Waals surface area contributed by atoms with Crippen LogP contribution in [0.5, 0.6) is 11.5 Å². The van der Waals surface area contributed by atoms with Crippen LogP contribution in [0.25, 0.3) is 21.1 Å². The van der Waals surface area contributed by atoms with Crippen LogP contribution in [0.3, 0.4) is 0 Å². The summed E-state index contributed by atoms with van der Waals surface area (Å²) in [5.74, 6) is 2.23. The number of nitrogens with one attached hydrogen (secondary N) is 1. The van der Waals surface area contributed by atoms with E-state index in [4.69, 9.17) is 9.47 Å². The number of ether oxygens (including phenoxy) is 2. The maximum atomic E-state index is 13.6. The van der Waals surface area contributed by atoms with Gasteiger partial charge in [-0.2, -0.15) is 0 Å². The molecule has 1 unspecified atom stereocenters. The highest BCUT2D eigenvalue weighted by molar-refractivity contribution is 7.17. The van der Waals surface area contributed by atoms with E-state index in [2.05, 4.69) is 27.4 Å². The topological polar surface area (TPSA) is 57.4 Å². The molecule has 3 aromatic heterocycles. The van der Waals surface area contributed by atoms with Crippen molar-refractivity contribution in [2.75, 3.05) is 26.3 Å². The normalized spacial score (nSPS) is 15.6. The minimum absolute atomic E-state index is 0.0408. The van der Waals surface area contributed by atoms with Gasteiger partial charge in [0.05, 0.1) is 29.1 Å². The Morgan fingerprint density at radius 1 is 1.06 bits per heavy atom. The maximum Gasteiger partial charge on any atom is 0.211 e. The summed E-state index contributed by atoms with van der Waals surface area (Å²) in [6, 6.07) is 20.0. The lowest BCUT2D eigenvalue weighted by Crippen LogP contribution is -2.15. The first kappa shape index (κ1) is 22.9. The van der Waals surface area contributed by atoms with Gasteiger partial charge < -0.3 is 23.9 Å². The predicted octanol–water partition coefficient (Wildman–Crippen LogP) is 5.49. The van der Waals surface area contributed by atoms with E-state index in [1.165, 1.54) is 0 Å². The first-order valence-electron chi connectivity index (χ1n) is 12.4. The zero-order valence-electron chi connectivity index (χ0n) is 20.3. The monoisotopic (exact) mass is 499 g/mol. The summed E-state index contributed by atoms with van der Waals surface area (Å²) in [5, 5.41) is 6.39. The first-order chi connectivity index (χ1) is 17.7. The number of para-hydroxylation sites is 1. The van der Waals surface area contributed by atoms with Crippen molar-refractivity contribution in [2.45, 2.75) is 13.0 Å². The molecule has 1 aliphatic heterocycles. The van der Waals surface area contributed by atoms with Crippen molar-refractivity contribution in [2.24, 2.45) is 13.0 Å².